The Labute approximate surface area is 87.5 Å². The van der Waals surface area contributed by atoms with E-state index in [0.717, 1.165) is 5.56 Å². The zero-order chi connectivity index (χ0) is 10.6. The maximum Gasteiger partial charge on any atom is 0.303 e. The molecule has 0 saturated carbocycles. The van der Waals surface area contributed by atoms with Gasteiger partial charge in [-0.25, -0.2) is 4.39 Å². The van der Waals surface area contributed by atoms with Crippen LogP contribution in [0, 0.1) is 5.82 Å². The second-order valence-corrected chi connectivity index (χ2v) is 3.20. The molecule has 0 heterocycles. The second kappa shape index (κ2) is 5.00. The minimum absolute atomic E-state index is 0.311. The summed E-state index contributed by atoms with van der Waals surface area (Å²) < 4.78 is 17.6. The largest absolute Gasteiger partial charge is 0.457 e. The molecule has 1 aromatic rings. The Balaban J connectivity index is 2.78. The van der Waals surface area contributed by atoms with Crippen LogP contribution in [0.5, 0.6) is 0 Å². The van der Waals surface area contributed by atoms with Gasteiger partial charge < -0.3 is 4.74 Å². The van der Waals surface area contributed by atoms with Crippen LogP contribution in [0.4, 0.5) is 4.39 Å². The number of rotatable bonds is 3. The molecule has 2 nitrogen and oxygen atoms in total. The van der Waals surface area contributed by atoms with Crippen LogP contribution in [0.2, 0.25) is 0 Å². The predicted molar refractivity (Wildman–Crippen MR) is 54.8 cm³/mol. The number of halogens is 1. The van der Waals surface area contributed by atoms with Crippen molar-refractivity contribution in [3.63, 3.8) is 0 Å². The summed E-state index contributed by atoms with van der Waals surface area (Å²) in [6.45, 7) is 1.33. The van der Waals surface area contributed by atoms with Gasteiger partial charge >= 0.3 is 5.97 Å². The molecule has 1 atom stereocenters. The van der Waals surface area contributed by atoms with Crippen molar-refractivity contribution in [1.29, 1.82) is 0 Å². The first-order valence-corrected chi connectivity index (χ1v) is 4.80. The van der Waals surface area contributed by atoms with Crippen LogP contribution in [0.3, 0.4) is 0 Å². The highest BCUT2D eigenvalue weighted by Gasteiger charge is 2.12. The summed E-state index contributed by atoms with van der Waals surface area (Å²) in [7, 11) is 0. The molecule has 1 aromatic carbocycles. The van der Waals surface area contributed by atoms with E-state index in [-0.39, 0.29) is 11.8 Å². The van der Waals surface area contributed by atoms with Crippen LogP contribution < -0.4 is 0 Å². The smallest absolute Gasteiger partial charge is 0.303 e. The van der Waals surface area contributed by atoms with E-state index < -0.39 is 6.10 Å². The number of hydrogen-bond donors (Lipinski definition) is 1. The van der Waals surface area contributed by atoms with Crippen molar-refractivity contribution in [3.8, 4) is 0 Å². The van der Waals surface area contributed by atoms with E-state index in [1.807, 2.05) is 0 Å². The minimum atomic E-state index is -0.406. The van der Waals surface area contributed by atoms with Gasteiger partial charge in [0.05, 0.1) is 0 Å². The molecule has 0 unspecified atom stereocenters. The molecule has 0 aromatic heterocycles. The minimum Gasteiger partial charge on any atom is -0.457 e. The fraction of sp³-hybridized carbons (Fsp3) is 0.300. The van der Waals surface area contributed by atoms with Gasteiger partial charge in [-0.2, -0.15) is 12.6 Å². The molecule has 0 radical (unpaired) electrons. The Morgan fingerprint density at radius 3 is 2.50 bits per heavy atom. The molecular formula is C10H11FO2S. The zero-order valence-corrected chi connectivity index (χ0v) is 8.63. The molecule has 0 N–H and O–H groups in total. The third-order valence-corrected chi connectivity index (χ3v) is 2.05. The molecule has 14 heavy (non-hydrogen) atoms. The SMILES string of the molecule is CC(=O)O[C@@H](CS)c1ccc(F)cc1. The standard InChI is InChI=1S/C10H11FO2S/c1-7(12)13-10(6-14)8-2-4-9(11)5-3-8/h2-5,10,14H,6H2,1H3/t10-/m0/s1. The van der Waals surface area contributed by atoms with Gasteiger partial charge in [0.25, 0.3) is 0 Å². The highest BCUT2D eigenvalue weighted by molar-refractivity contribution is 7.80. The van der Waals surface area contributed by atoms with E-state index in [1.54, 1.807) is 12.1 Å². The number of benzene rings is 1. The highest BCUT2D eigenvalue weighted by Crippen LogP contribution is 2.19. The fourth-order valence-corrected chi connectivity index (χ4v) is 1.37. The van der Waals surface area contributed by atoms with Gasteiger partial charge in [-0.15, -0.1) is 0 Å². The Hall–Kier alpha value is -1.03. The van der Waals surface area contributed by atoms with Crippen molar-refractivity contribution < 1.29 is 13.9 Å². The number of carbonyl (C=O) groups excluding carboxylic acids is 1. The number of carbonyl (C=O) groups is 1. The van der Waals surface area contributed by atoms with Crippen LogP contribution in [0.15, 0.2) is 24.3 Å². The molecule has 0 saturated heterocycles. The Morgan fingerprint density at radius 2 is 2.07 bits per heavy atom. The van der Waals surface area contributed by atoms with Gasteiger partial charge in [-0.1, -0.05) is 12.1 Å². The van der Waals surface area contributed by atoms with E-state index >= 15 is 0 Å². The van der Waals surface area contributed by atoms with Gasteiger partial charge in [-0.05, 0) is 17.7 Å². The lowest BCUT2D eigenvalue weighted by atomic mass is 10.1. The molecule has 4 heteroatoms. The van der Waals surface area contributed by atoms with Crippen molar-refractivity contribution >= 4 is 18.6 Å². The fourth-order valence-electron chi connectivity index (χ4n) is 1.09. The van der Waals surface area contributed by atoms with E-state index in [2.05, 4.69) is 12.6 Å². The van der Waals surface area contributed by atoms with Gasteiger partial charge in [0.1, 0.15) is 11.9 Å². The number of hydrogen-bond acceptors (Lipinski definition) is 3. The van der Waals surface area contributed by atoms with Gasteiger partial charge in [0, 0.05) is 12.7 Å². The summed E-state index contributed by atoms with van der Waals surface area (Å²) in [6, 6.07) is 5.82. The first-order chi connectivity index (χ1) is 6.63. The molecule has 0 aliphatic carbocycles. The first kappa shape index (κ1) is 11.0. The van der Waals surface area contributed by atoms with Crippen molar-refractivity contribution in [1.82, 2.24) is 0 Å². The summed E-state index contributed by atoms with van der Waals surface area (Å²) in [5.74, 6) is -0.298. The summed E-state index contributed by atoms with van der Waals surface area (Å²) in [6.07, 6.45) is -0.406. The number of esters is 1. The molecule has 0 spiro atoms. The van der Waals surface area contributed by atoms with Gasteiger partial charge in [0.15, 0.2) is 0 Å². The molecule has 0 amide bonds. The predicted octanol–water partition coefficient (Wildman–Crippen LogP) is 2.36. The van der Waals surface area contributed by atoms with Crippen LogP contribution >= 0.6 is 12.6 Å². The van der Waals surface area contributed by atoms with Crippen LogP contribution in [0.1, 0.15) is 18.6 Å². The van der Waals surface area contributed by atoms with E-state index in [9.17, 15) is 9.18 Å². The molecular weight excluding hydrogens is 203 g/mol. The topological polar surface area (TPSA) is 26.3 Å². The number of thiol groups is 1. The summed E-state index contributed by atoms with van der Waals surface area (Å²) in [4.78, 5) is 10.7. The molecule has 1 rings (SSSR count). The summed E-state index contributed by atoms with van der Waals surface area (Å²) in [5, 5.41) is 0. The van der Waals surface area contributed by atoms with Crippen LogP contribution in [-0.2, 0) is 9.53 Å². The zero-order valence-electron chi connectivity index (χ0n) is 7.74. The summed E-state index contributed by atoms with van der Waals surface area (Å²) in [5.41, 5.74) is 0.747. The first-order valence-electron chi connectivity index (χ1n) is 4.17. The van der Waals surface area contributed by atoms with E-state index in [4.69, 9.17) is 4.74 Å². The van der Waals surface area contributed by atoms with Gasteiger partial charge in [0.2, 0.25) is 0 Å². The maximum absolute atomic E-state index is 12.6. The van der Waals surface area contributed by atoms with Gasteiger partial charge in [-0.3, -0.25) is 4.79 Å². The Morgan fingerprint density at radius 1 is 1.50 bits per heavy atom. The lowest BCUT2D eigenvalue weighted by Crippen LogP contribution is -2.09. The number of ether oxygens (including phenoxy) is 1. The molecule has 0 bridgehead atoms. The van der Waals surface area contributed by atoms with Crippen molar-refractivity contribution in [2.24, 2.45) is 0 Å². The van der Waals surface area contributed by atoms with Crippen LogP contribution in [-0.4, -0.2) is 11.7 Å². The average molecular weight is 214 g/mol. The Kier molecular flexibility index (Phi) is 3.95. The van der Waals surface area contributed by atoms with Crippen molar-refractivity contribution in [2.75, 3.05) is 5.75 Å². The normalized spacial score (nSPS) is 12.2. The molecule has 0 aliphatic rings. The quantitative estimate of drug-likeness (QED) is 0.617. The second-order valence-electron chi connectivity index (χ2n) is 2.83. The summed E-state index contributed by atoms with van der Waals surface area (Å²) >= 11 is 4.06. The maximum atomic E-state index is 12.6. The molecule has 76 valence electrons. The third kappa shape index (κ3) is 3.03. The van der Waals surface area contributed by atoms with E-state index in [1.165, 1.54) is 19.1 Å². The average Bonchev–Trinajstić information content (AvgIpc) is 2.15. The van der Waals surface area contributed by atoms with Crippen molar-refractivity contribution in [3.05, 3.63) is 35.6 Å². The molecule has 0 fully saturated rings. The molecule has 0 aliphatic heterocycles. The lowest BCUT2D eigenvalue weighted by molar-refractivity contribution is -0.145. The van der Waals surface area contributed by atoms with E-state index in [0.29, 0.717) is 5.75 Å². The third-order valence-electron chi connectivity index (χ3n) is 1.72. The highest BCUT2D eigenvalue weighted by atomic mass is 32.1. The van der Waals surface area contributed by atoms with Crippen molar-refractivity contribution in [2.45, 2.75) is 13.0 Å². The monoisotopic (exact) mass is 214 g/mol. The lowest BCUT2D eigenvalue weighted by Gasteiger charge is -2.14. The van der Waals surface area contributed by atoms with Crippen LogP contribution in [0.25, 0.3) is 0 Å². The Bertz CT molecular complexity index is 310.